The molecular formula is C38H42N4O5. The molecule has 1 saturated carbocycles. The van der Waals surface area contributed by atoms with Crippen LogP contribution in [0.25, 0.3) is 11.1 Å². The number of rotatable bonds is 12. The molecule has 2 aliphatic rings. The zero-order chi connectivity index (χ0) is 32.6. The minimum Gasteiger partial charge on any atom is -0.459 e. The summed E-state index contributed by atoms with van der Waals surface area (Å²) in [5.74, 6) is -0.198. The lowest BCUT2D eigenvalue weighted by molar-refractivity contribution is -0.118. The maximum absolute atomic E-state index is 13.3. The Labute approximate surface area is 275 Å². The Morgan fingerprint density at radius 3 is 2.19 bits per heavy atom. The topological polar surface area (TPSA) is 127 Å². The quantitative estimate of drug-likeness (QED) is 0.157. The van der Waals surface area contributed by atoms with E-state index in [0.717, 1.165) is 53.5 Å². The molecule has 1 unspecified atom stereocenters. The minimum absolute atomic E-state index is 0.0774. The van der Waals surface area contributed by atoms with Crippen LogP contribution < -0.4 is 16.4 Å². The van der Waals surface area contributed by atoms with Crippen LogP contribution in [0.4, 0.5) is 10.5 Å². The van der Waals surface area contributed by atoms with Gasteiger partial charge in [-0.15, -0.1) is 0 Å². The summed E-state index contributed by atoms with van der Waals surface area (Å²) in [6.07, 6.45) is 7.15. The Morgan fingerprint density at radius 1 is 0.872 bits per heavy atom. The predicted octanol–water partition coefficient (Wildman–Crippen LogP) is 6.84. The summed E-state index contributed by atoms with van der Waals surface area (Å²) >= 11 is 0. The molecule has 1 heterocycles. The zero-order valence-corrected chi connectivity index (χ0v) is 26.5. The van der Waals surface area contributed by atoms with E-state index in [1.807, 2.05) is 53.4 Å². The number of amides is 3. The second-order valence-corrected chi connectivity index (χ2v) is 12.3. The van der Waals surface area contributed by atoms with Crippen LogP contribution in [0.1, 0.15) is 78.1 Å². The molecule has 9 heteroatoms. The number of benzene rings is 3. The number of nitrogens with one attached hydrogen (secondary N) is 2. The van der Waals surface area contributed by atoms with Gasteiger partial charge in [-0.25, -0.2) is 4.79 Å². The van der Waals surface area contributed by atoms with Gasteiger partial charge >= 0.3 is 6.09 Å². The number of carbonyl (C=O) groups is 3. The van der Waals surface area contributed by atoms with E-state index in [0.29, 0.717) is 37.4 Å². The van der Waals surface area contributed by atoms with Crippen molar-refractivity contribution in [3.63, 3.8) is 0 Å². The molecule has 1 aromatic heterocycles. The fourth-order valence-corrected chi connectivity index (χ4v) is 6.79. The van der Waals surface area contributed by atoms with E-state index in [-0.39, 0.29) is 30.4 Å². The average molecular weight is 635 g/mol. The Balaban J connectivity index is 1.07. The van der Waals surface area contributed by atoms with Gasteiger partial charge in [-0.05, 0) is 84.3 Å². The number of nitrogens with two attached hydrogens (primary N) is 1. The lowest BCUT2D eigenvalue weighted by Gasteiger charge is -2.34. The van der Waals surface area contributed by atoms with Gasteiger partial charge in [0.25, 0.3) is 5.91 Å². The number of fused-ring (bicyclic) bond motifs is 3. The lowest BCUT2D eigenvalue weighted by Crippen LogP contribution is -2.44. The van der Waals surface area contributed by atoms with Crippen LogP contribution in [-0.2, 0) is 16.1 Å². The van der Waals surface area contributed by atoms with Gasteiger partial charge in [0.05, 0.1) is 6.26 Å². The van der Waals surface area contributed by atoms with Gasteiger partial charge in [0.2, 0.25) is 5.91 Å². The largest absolute Gasteiger partial charge is 0.459 e. The van der Waals surface area contributed by atoms with Gasteiger partial charge < -0.3 is 30.4 Å². The van der Waals surface area contributed by atoms with Crippen LogP contribution in [-0.4, -0.2) is 48.0 Å². The third-order valence-electron chi connectivity index (χ3n) is 9.23. The summed E-state index contributed by atoms with van der Waals surface area (Å²) in [4.78, 5) is 41.6. The molecule has 3 aromatic carbocycles. The van der Waals surface area contributed by atoms with E-state index in [9.17, 15) is 14.4 Å². The van der Waals surface area contributed by atoms with Crippen molar-refractivity contribution in [1.29, 1.82) is 0 Å². The van der Waals surface area contributed by atoms with Crippen molar-refractivity contribution < 1.29 is 23.5 Å². The maximum Gasteiger partial charge on any atom is 0.407 e. The SMILES string of the molecule is NCCCC(NC(=O)OCC1c2ccccc2-c2ccccc21)C(=O)Nc1ccc(CN(C(=O)c2ccco2)C2CCCCC2)cc1. The highest BCUT2D eigenvalue weighted by Crippen LogP contribution is 2.44. The van der Waals surface area contributed by atoms with Crippen LogP contribution in [0, 0.1) is 0 Å². The van der Waals surface area contributed by atoms with Crippen molar-refractivity contribution >= 4 is 23.6 Å². The zero-order valence-electron chi connectivity index (χ0n) is 26.5. The smallest absolute Gasteiger partial charge is 0.407 e. The molecule has 3 amide bonds. The first kappa shape index (κ1) is 32.1. The molecule has 0 saturated heterocycles. The molecular weight excluding hydrogens is 592 g/mol. The summed E-state index contributed by atoms with van der Waals surface area (Å²) in [5, 5.41) is 5.68. The molecule has 9 nitrogen and oxygen atoms in total. The Morgan fingerprint density at radius 2 is 1.55 bits per heavy atom. The number of anilines is 1. The minimum atomic E-state index is -0.818. The van der Waals surface area contributed by atoms with Crippen molar-refractivity contribution in [2.24, 2.45) is 5.73 Å². The average Bonchev–Trinajstić information content (AvgIpc) is 3.76. The summed E-state index contributed by atoms with van der Waals surface area (Å²) in [6, 6.07) is 26.5. The van der Waals surface area contributed by atoms with E-state index in [1.165, 1.54) is 12.7 Å². The van der Waals surface area contributed by atoms with Crippen molar-refractivity contribution in [3.05, 3.63) is 114 Å². The fraction of sp³-hybridized carbons (Fsp3) is 0.342. The lowest BCUT2D eigenvalue weighted by atomic mass is 9.93. The Bertz CT molecular complexity index is 1620. The molecule has 2 aliphatic carbocycles. The molecule has 1 fully saturated rings. The van der Waals surface area contributed by atoms with Gasteiger partial charge in [-0.3, -0.25) is 9.59 Å². The first-order chi connectivity index (χ1) is 23.0. The molecule has 4 N–H and O–H groups in total. The summed E-state index contributed by atoms with van der Waals surface area (Å²) < 4.78 is 11.1. The third-order valence-corrected chi connectivity index (χ3v) is 9.23. The Kier molecular flexibility index (Phi) is 10.3. The normalized spacial score (nSPS) is 14.9. The van der Waals surface area contributed by atoms with E-state index in [2.05, 4.69) is 34.9 Å². The van der Waals surface area contributed by atoms with Crippen molar-refractivity contribution in [2.45, 2.75) is 69.5 Å². The van der Waals surface area contributed by atoms with E-state index in [1.54, 1.807) is 12.1 Å². The molecule has 6 rings (SSSR count). The number of alkyl carbamates (subject to hydrolysis) is 1. The van der Waals surface area contributed by atoms with Gasteiger partial charge in [0.15, 0.2) is 5.76 Å². The Hall–Kier alpha value is -4.89. The second kappa shape index (κ2) is 15.1. The van der Waals surface area contributed by atoms with E-state index < -0.39 is 12.1 Å². The monoisotopic (exact) mass is 634 g/mol. The summed E-state index contributed by atoms with van der Waals surface area (Å²) in [5.41, 5.74) is 11.8. The highest BCUT2D eigenvalue weighted by Gasteiger charge is 2.30. The number of furan rings is 1. The third kappa shape index (κ3) is 7.58. The first-order valence-electron chi connectivity index (χ1n) is 16.6. The number of carbonyl (C=O) groups excluding carboxylic acids is 3. The van der Waals surface area contributed by atoms with Gasteiger partial charge in [-0.2, -0.15) is 0 Å². The van der Waals surface area contributed by atoms with Gasteiger partial charge in [-0.1, -0.05) is 79.9 Å². The van der Waals surface area contributed by atoms with Crippen LogP contribution in [0.3, 0.4) is 0 Å². The summed E-state index contributed by atoms with van der Waals surface area (Å²) in [6.45, 7) is 0.993. The van der Waals surface area contributed by atoms with Crippen molar-refractivity contribution in [1.82, 2.24) is 10.2 Å². The second-order valence-electron chi connectivity index (χ2n) is 12.3. The molecule has 47 heavy (non-hydrogen) atoms. The van der Waals surface area contributed by atoms with E-state index >= 15 is 0 Å². The van der Waals surface area contributed by atoms with Crippen molar-refractivity contribution in [2.75, 3.05) is 18.5 Å². The molecule has 0 radical (unpaired) electrons. The van der Waals surface area contributed by atoms with E-state index in [4.69, 9.17) is 14.9 Å². The molecule has 1 atom stereocenters. The van der Waals surface area contributed by atoms with Crippen LogP contribution in [0.2, 0.25) is 0 Å². The van der Waals surface area contributed by atoms with Crippen LogP contribution in [0.5, 0.6) is 0 Å². The number of hydrogen-bond acceptors (Lipinski definition) is 6. The highest BCUT2D eigenvalue weighted by atomic mass is 16.5. The van der Waals surface area contributed by atoms with Gasteiger partial charge in [0.1, 0.15) is 12.6 Å². The molecule has 0 aliphatic heterocycles. The molecule has 4 aromatic rings. The molecule has 0 spiro atoms. The number of nitrogens with zero attached hydrogens (tertiary/aromatic N) is 1. The molecule has 244 valence electrons. The summed E-state index contributed by atoms with van der Waals surface area (Å²) in [7, 11) is 0. The standard InChI is InChI=1S/C38H42N4O5/c39-22-8-16-34(41-38(45)47-25-33-31-14-6-4-12-29(31)30-13-5-7-15-32(30)33)36(43)40-27-20-18-26(19-21-27)24-42(28-10-2-1-3-11-28)37(44)35-17-9-23-46-35/h4-7,9,12-15,17-21,23,28,33-34H,1-3,8,10-11,16,22,24-25,39H2,(H,40,43)(H,41,45). The van der Waals surface area contributed by atoms with Crippen molar-refractivity contribution in [3.8, 4) is 11.1 Å². The predicted molar refractivity (Wildman–Crippen MR) is 181 cm³/mol. The number of hydrogen-bond donors (Lipinski definition) is 3. The maximum atomic E-state index is 13.3. The first-order valence-corrected chi connectivity index (χ1v) is 16.6. The van der Waals surface area contributed by atoms with Crippen LogP contribution in [0.15, 0.2) is 95.6 Å². The van der Waals surface area contributed by atoms with Crippen LogP contribution >= 0.6 is 0 Å². The highest BCUT2D eigenvalue weighted by molar-refractivity contribution is 5.96. The number of ether oxygens (including phenoxy) is 1. The fourth-order valence-electron chi connectivity index (χ4n) is 6.79. The van der Waals surface area contributed by atoms with Gasteiger partial charge in [0, 0.05) is 24.2 Å². The molecule has 0 bridgehead atoms.